The molecule has 0 unspecified atom stereocenters. The molecule has 0 saturated heterocycles. The maximum atomic E-state index is 4.34. The molecule has 1 aromatic heterocycles. The zero-order chi connectivity index (χ0) is 9.68. The average Bonchev–Trinajstić information content (AvgIpc) is 2.15. The molecular weight excluding hydrogens is 160 g/mol. The van der Waals surface area contributed by atoms with Gasteiger partial charge in [0.15, 0.2) is 0 Å². The molecule has 0 fully saturated rings. The van der Waals surface area contributed by atoms with Crippen molar-refractivity contribution >= 4 is 0 Å². The summed E-state index contributed by atoms with van der Waals surface area (Å²) >= 11 is 0. The minimum absolute atomic E-state index is 0.390. The number of hydrogen-bond donors (Lipinski definition) is 1. The Hall–Kier alpha value is -0.890. The van der Waals surface area contributed by atoms with Crippen LogP contribution in [0.4, 0.5) is 0 Å². The normalized spacial score (nSPS) is 13.2. The largest absolute Gasteiger partial charge is 0.312 e. The molecule has 0 aliphatic rings. The van der Waals surface area contributed by atoms with Gasteiger partial charge in [-0.05, 0) is 31.5 Å². The van der Waals surface area contributed by atoms with E-state index in [1.165, 1.54) is 0 Å². The maximum absolute atomic E-state index is 4.34. The highest BCUT2D eigenvalue weighted by Crippen LogP contribution is 2.18. The highest BCUT2D eigenvalue weighted by molar-refractivity contribution is 5.08. The molecule has 0 bridgehead atoms. The fourth-order valence-electron chi connectivity index (χ4n) is 1.44. The van der Waals surface area contributed by atoms with Crippen molar-refractivity contribution in [2.24, 2.45) is 5.92 Å². The maximum Gasteiger partial charge on any atom is 0.0573 e. The van der Waals surface area contributed by atoms with Crippen molar-refractivity contribution < 1.29 is 0 Å². The fourth-order valence-corrected chi connectivity index (χ4v) is 1.44. The standard InChI is InChI=1S/C11H18N2/c1-9(2)8-11(12-3)10-6-4-5-7-13-10/h4-7,9,11-12H,8H2,1-3H3/t11-/m0/s1. The second kappa shape index (κ2) is 4.97. The molecule has 1 atom stereocenters. The first-order valence-corrected chi connectivity index (χ1v) is 4.82. The van der Waals surface area contributed by atoms with Crippen LogP contribution in [-0.4, -0.2) is 12.0 Å². The number of nitrogens with one attached hydrogen (secondary N) is 1. The molecule has 1 aromatic rings. The molecule has 0 aliphatic heterocycles. The van der Waals surface area contributed by atoms with Crippen LogP contribution in [0.15, 0.2) is 24.4 Å². The van der Waals surface area contributed by atoms with E-state index in [1.54, 1.807) is 0 Å². The third kappa shape index (κ3) is 3.15. The van der Waals surface area contributed by atoms with Gasteiger partial charge < -0.3 is 5.32 Å². The summed E-state index contributed by atoms with van der Waals surface area (Å²) in [6.45, 7) is 4.46. The topological polar surface area (TPSA) is 24.9 Å². The lowest BCUT2D eigenvalue weighted by atomic mass is 10.0. The van der Waals surface area contributed by atoms with Gasteiger partial charge in [-0.3, -0.25) is 4.98 Å². The molecule has 0 saturated carbocycles. The predicted molar refractivity (Wildman–Crippen MR) is 55.5 cm³/mol. The van der Waals surface area contributed by atoms with Crippen LogP contribution in [-0.2, 0) is 0 Å². The zero-order valence-corrected chi connectivity index (χ0v) is 8.62. The predicted octanol–water partition coefficient (Wildman–Crippen LogP) is 2.39. The molecule has 13 heavy (non-hydrogen) atoms. The SMILES string of the molecule is CN[C@@H](CC(C)C)c1ccccn1. The van der Waals surface area contributed by atoms with Gasteiger partial charge in [-0.2, -0.15) is 0 Å². The molecule has 0 spiro atoms. The van der Waals surface area contributed by atoms with E-state index in [4.69, 9.17) is 0 Å². The molecule has 0 amide bonds. The molecule has 1 rings (SSSR count). The zero-order valence-electron chi connectivity index (χ0n) is 8.62. The summed E-state index contributed by atoms with van der Waals surface area (Å²) in [5.74, 6) is 0.694. The monoisotopic (exact) mass is 178 g/mol. The number of pyridine rings is 1. The fraction of sp³-hybridized carbons (Fsp3) is 0.545. The van der Waals surface area contributed by atoms with Crippen molar-refractivity contribution in [2.45, 2.75) is 26.3 Å². The molecular formula is C11H18N2. The van der Waals surface area contributed by atoms with Gasteiger partial charge in [0.05, 0.1) is 5.69 Å². The van der Waals surface area contributed by atoms with Crippen molar-refractivity contribution in [1.82, 2.24) is 10.3 Å². The van der Waals surface area contributed by atoms with Gasteiger partial charge in [-0.1, -0.05) is 19.9 Å². The summed E-state index contributed by atoms with van der Waals surface area (Å²) in [4.78, 5) is 4.34. The van der Waals surface area contributed by atoms with Crippen molar-refractivity contribution in [3.8, 4) is 0 Å². The van der Waals surface area contributed by atoms with Gasteiger partial charge in [0, 0.05) is 12.2 Å². The van der Waals surface area contributed by atoms with E-state index in [-0.39, 0.29) is 0 Å². The van der Waals surface area contributed by atoms with Gasteiger partial charge in [0.2, 0.25) is 0 Å². The molecule has 1 N–H and O–H groups in total. The van der Waals surface area contributed by atoms with E-state index >= 15 is 0 Å². The Labute approximate surface area is 80.4 Å². The van der Waals surface area contributed by atoms with Crippen LogP contribution in [0.25, 0.3) is 0 Å². The summed E-state index contributed by atoms with van der Waals surface area (Å²) in [6.07, 6.45) is 2.98. The van der Waals surface area contributed by atoms with Crippen molar-refractivity contribution in [3.63, 3.8) is 0 Å². The average molecular weight is 178 g/mol. The molecule has 2 nitrogen and oxygen atoms in total. The first-order chi connectivity index (χ1) is 6.24. The lowest BCUT2D eigenvalue weighted by Crippen LogP contribution is -2.19. The van der Waals surface area contributed by atoms with Gasteiger partial charge in [0.25, 0.3) is 0 Å². The second-order valence-electron chi connectivity index (χ2n) is 3.73. The number of aromatic nitrogens is 1. The summed E-state index contributed by atoms with van der Waals surface area (Å²) in [7, 11) is 1.99. The first kappa shape index (κ1) is 10.2. The summed E-state index contributed by atoms with van der Waals surface area (Å²) in [5, 5.41) is 3.29. The minimum atomic E-state index is 0.390. The van der Waals surface area contributed by atoms with Crippen molar-refractivity contribution in [3.05, 3.63) is 30.1 Å². The Morgan fingerprint density at radius 1 is 1.38 bits per heavy atom. The Kier molecular flexibility index (Phi) is 3.90. The number of rotatable bonds is 4. The summed E-state index contributed by atoms with van der Waals surface area (Å²) < 4.78 is 0. The van der Waals surface area contributed by atoms with E-state index in [2.05, 4.69) is 30.2 Å². The molecule has 2 heteroatoms. The Morgan fingerprint density at radius 2 is 2.15 bits per heavy atom. The second-order valence-corrected chi connectivity index (χ2v) is 3.73. The van der Waals surface area contributed by atoms with Gasteiger partial charge in [0.1, 0.15) is 0 Å². The van der Waals surface area contributed by atoms with E-state index in [0.717, 1.165) is 12.1 Å². The van der Waals surface area contributed by atoms with Crippen LogP contribution in [0, 0.1) is 5.92 Å². The smallest absolute Gasteiger partial charge is 0.0573 e. The van der Waals surface area contributed by atoms with Crippen molar-refractivity contribution in [2.75, 3.05) is 7.05 Å². The van der Waals surface area contributed by atoms with Gasteiger partial charge >= 0.3 is 0 Å². The number of nitrogens with zero attached hydrogens (tertiary/aromatic N) is 1. The number of hydrogen-bond acceptors (Lipinski definition) is 2. The molecule has 0 aromatic carbocycles. The van der Waals surface area contributed by atoms with Crippen LogP contribution in [0.5, 0.6) is 0 Å². The third-order valence-corrected chi connectivity index (χ3v) is 2.10. The Morgan fingerprint density at radius 3 is 2.62 bits per heavy atom. The Bertz CT molecular complexity index is 231. The van der Waals surface area contributed by atoms with E-state index in [1.807, 2.05) is 25.4 Å². The summed E-state index contributed by atoms with van der Waals surface area (Å²) in [6, 6.07) is 6.45. The molecule has 0 radical (unpaired) electrons. The first-order valence-electron chi connectivity index (χ1n) is 4.82. The van der Waals surface area contributed by atoms with Gasteiger partial charge in [-0.15, -0.1) is 0 Å². The minimum Gasteiger partial charge on any atom is -0.312 e. The molecule has 0 aliphatic carbocycles. The van der Waals surface area contributed by atoms with E-state index in [9.17, 15) is 0 Å². The Balaban J connectivity index is 2.67. The highest BCUT2D eigenvalue weighted by atomic mass is 14.9. The summed E-state index contributed by atoms with van der Waals surface area (Å²) in [5.41, 5.74) is 1.14. The van der Waals surface area contributed by atoms with Crippen LogP contribution < -0.4 is 5.32 Å². The molecule has 72 valence electrons. The van der Waals surface area contributed by atoms with Crippen LogP contribution in [0.2, 0.25) is 0 Å². The van der Waals surface area contributed by atoms with Crippen LogP contribution >= 0.6 is 0 Å². The van der Waals surface area contributed by atoms with E-state index < -0.39 is 0 Å². The lowest BCUT2D eigenvalue weighted by molar-refractivity contribution is 0.449. The third-order valence-electron chi connectivity index (χ3n) is 2.10. The van der Waals surface area contributed by atoms with E-state index in [0.29, 0.717) is 12.0 Å². The quantitative estimate of drug-likeness (QED) is 0.765. The highest BCUT2D eigenvalue weighted by Gasteiger charge is 2.11. The van der Waals surface area contributed by atoms with Crippen molar-refractivity contribution in [1.29, 1.82) is 0 Å². The van der Waals surface area contributed by atoms with Crippen LogP contribution in [0.1, 0.15) is 32.0 Å². The molecule has 1 heterocycles. The van der Waals surface area contributed by atoms with Crippen LogP contribution in [0.3, 0.4) is 0 Å². The van der Waals surface area contributed by atoms with Gasteiger partial charge in [-0.25, -0.2) is 0 Å². The lowest BCUT2D eigenvalue weighted by Gasteiger charge is -2.17.